The topological polar surface area (TPSA) is 91.0 Å². The summed E-state index contributed by atoms with van der Waals surface area (Å²) >= 11 is 0. The summed E-state index contributed by atoms with van der Waals surface area (Å²) in [6, 6.07) is 0.501. The fourth-order valence-electron chi connectivity index (χ4n) is 1.69. The Balaban J connectivity index is 4.07. The van der Waals surface area contributed by atoms with Crippen molar-refractivity contribution < 1.29 is 10.0 Å². The quantitative estimate of drug-likeness (QED) is 0.192. The number of nitrogens with one attached hydrogen (secondary N) is 1. The summed E-state index contributed by atoms with van der Waals surface area (Å²) < 4.78 is 0. The maximum absolute atomic E-state index is 11.9. The summed E-state index contributed by atoms with van der Waals surface area (Å²) in [7, 11) is 2.06. The van der Waals surface area contributed by atoms with Crippen molar-refractivity contribution in [3.05, 3.63) is 0 Å². The first kappa shape index (κ1) is 17.7. The van der Waals surface area contributed by atoms with Gasteiger partial charge in [-0.15, -0.1) is 0 Å². The zero-order valence-electron chi connectivity index (χ0n) is 12.5. The van der Waals surface area contributed by atoms with E-state index >= 15 is 0 Å². The largest absolute Gasteiger partial charge is 0.409 e. The second-order valence-electron chi connectivity index (χ2n) is 5.09. The number of carbonyl (C=O) groups is 1. The third-order valence-corrected chi connectivity index (χ3v) is 3.23. The summed E-state index contributed by atoms with van der Waals surface area (Å²) in [5.41, 5.74) is 5.53. The van der Waals surface area contributed by atoms with Crippen LogP contribution in [0.25, 0.3) is 0 Å². The first-order chi connectivity index (χ1) is 8.93. The lowest BCUT2D eigenvalue weighted by atomic mass is 10.0. The second kappa shape index (κ2) is 9.61. The number of nitrogens with zero attached hydrogens (tertiary/aromatic N) is 2. The van der Waals surface area contributed by atoms with Crippen LogP contribution in [0.4, 0.5) is 0 Å². The van der Waals surface area contributed by atoms with E-state index in [0.717, 1.165) is 19.4 Å². The summed E-state index contributed by atoms with van der Waals surface area (Å²) in [4.78, 5) is 14.1. The maximum atomic E-state index is 11.9. The lowest BCUT2D eigenvalue weighted by molar-refractivity contribution is -0.123. The van der Waals surface area contributed by atoms with E-state index in [0.29, 0.717) is 19.0 Å². The zero-order chi connectivity index (χ0) is 14.8. The number of rotatable bonds is 9. The number of hydrogen-bond acceptors (Lipinski definition) is 4. The van der Waals surface area contributed by atoms with Crippen molar-refractivity contribution in [2.45, 2.75) is 46.1 Å². The number of amidine groups is 1. The molecule has 0 radical (unpaired) electrons. The van der Waals surface area contributed by atoms with E-state index in [1.165, 1.54) is 0 Å². The summed E-state index contributed by atoms with van der Waals surface area (Å²) in [5.74, 6) is -0.708. The number of oxime groups is 1. The van der Waals surface area contributed by atoms with Gasteiger partial charge in [-0.05, 0) is 40.3 Å². The highest BCUT2D eigenvalue weighted by Gasteiger charge is 2.21. The van der Waals surface area contributed by atoms with Crippen LogP contribution in [0.5, 0.6) is 0 Å². The Bertz CT molecular complexity index is 292. The molecule has 0 aromatic heterocycles. The van der Waals surface area contributed by atoms with E-state index in [2.05, 4.69) is 36.3 Å². The third-order valence-electron chi connectivity index (χ3n) is 3.23. The highest BCUT2D eigenvalue weighted by atomic mass is 16.4. The SMILES string of the molecule is CCCC(C(=O)NCCCN(C)C(C)C)C(N)=NO. The second-order valence-corrected chi connectivity index (χ2v) is 5.09. The van der Waals surface area contributed by atoms with Gasteiger partial charge >= 0.3 is 0 Å². The van der Waals surface area contributed by atoms with Gasteiger partial charge in [0.1, 0.15) is 0 Å². The van der Waals surface area contributed by atoms with Gasteiger partial charge in [0.15, 0.2) is 5.84 Å². The first-order valence-corrected chi connectivity index (χ1v) is 6.89. The van der Waals surface area contributed by atoms with Crippen LogP contribution < -0.4 is 11.1 Å². The average Bonchev–Trinajstić information content (AvgIpc) is 2.39. The normalized spacial score (nSPS) is 13.9. The van der Waals surface area contributed by atoms with E-state index < -0.39 is 5.92 Å². The van der Waals surface area contributed by atoms with Crippen molar-refractivity contribution in [1.29, 1.82) is 0 Å². The molecule has 0 aromatic carbocycles. The number of carbonyl (C=O) groups excluding carboxylic acids is 1. The number of nitrogens with two attached hydrogens (primary N) is 1. The highest BCUT2D eigenvalue weighted by molar-refractivity contribution is 6.01. The molecule has 1 amide bonds. The van der Waals surface area contributed by atoms with Gasteiger partial charge in [-0.1, -0.05) is 18.5 Å². The molecule has 0 saturated carbocycles. The Hall–Kier alpha value is -1.30. The molecule has 6 nitrogen and oxygen atoms in total. The van der Waals surface area contributed by atoms with Crippen LogP contribution in [0, 0.1) is 5.92 Å². The Labute approximate surface area is 116 Å². The fraction of sp³-hybridized carbons (Fsp3) is 0.846. The zero-order valence-corrected chi connectivity index (χ0v) is 12.5. The van der Waals surface area contributed by atoms with E-state index in [1.54, 1.807) is 0 Å². The van der Waals surface area contributed by atoms with Gasteiger partial charge in [0, 0.05) is 12.6 Å². The molecule has 0 saturated heterocycles. The van der Waals surface area contributed by atoms with Crippen molar-refractivity contribution in [2.75, 3.05) is 20.1 Å². The molecule has 0 aliphatic heterocycles. The van der Waals surface area contributed by atoms with E-state index in [9.17, 15) is 4.79 Å². The van der Waals surface area contributed by atoms with Crippen LogP contribution in [0.3, 0.4) is 0 Å². The molecule has 0 fully saturated rings. The molecular formula is C13H28N4O2. The van der Waals surface area contributed by atoms with Crippen LogP contribution in [0.15, 0.2) is 5.16 Å². The third kappa shape index (κ3) is 7.00. The van der Waals surface area contributed by atoms with Crippen LogP contribution in [0.1, 0.15) is 40.0 Å². The Kier molecular flexibility index (Phi) is 8.95. The van der Waals surface area contributed by atoms with Crippen molar-refractivity contribution in [3.63, 3.8) is 0 Å². The molecule has 0 spiro atoms. The number of amides is 1. The molecule has 19 heavy (non-hydrogen) atoms. The van der Waals surface area contributed by atoms with Gasteiger partial charge in [0.05, 0.1) is 5.92 Å². The molecule has 6 heteroatoms. The van der Waals surface area contributed by atoms with Crippen molar-refractivity contribution in [1.82, 2.24) is 10.2 Å². The summed E-state index contributed by atoms with van der Waals surface area (Å²) in [5, 5.41) is 14.4. The smallest absolute Gasteiger partial charge is 0.230 e. The lowest BCUT2D eigenvalue weighted by Crippen LogP contribution is -2.40. The molecule has 1 unspecified atom stereocenters. The molecule has 0 rings (SSSR count). The molecule has 0 heterocycles. The standard InChI is InChI=1S/C13H28N4O2/c1-5-7-11(12(14)16-19)13(18)15-8-6-9-17(4)10(2)3/h10-11,19H,5-9H2,1-4H3,(H2,14,16)(H,15,18). The minimum atomic E-state index is -0.530. The van der Waals surface area contributed by atoms with Crippen LogP contribution >= 0.6 is 0 Å². The predicted molar refractivity (Wildman–Crippen MR) is 77.2 cm³/mol. The molecular weight excluding hydrogens is 244 g/mol. The van der Waals surface area contributed by atoms with Crippen molar-refractivity contribution in [3.8, 4) is 0 Å². The van der Waals surface area contributed by atoms with Gasteiger partial charge in [0.25, 0.3) is 0 Å². The Morgan fingerprint density at radius 2 is 2.11 bits per heavy atom. The predicted octanol–water partition coefficient (Wildman–Crippen LogP) is 0.996. The Morgan fingerprint density at radius 3 is 2.58 bits per heavy atom. The maximum Gasteiger partial charge on any atom is 0.230 e. The fourth-order valence-corrected chi connectivity index (χ4v) is 1.69. The van der Waals surface area contributed by atoms with Gasteiger partial charge in [-0.25, -0.2) is 0 Å². The van der Waals surface area contributed by atoms with E-state index in [1.807, 2.05) is 6.92 Å². The Morgan fingerprint density at radius 1 is 1.47 bits per heavy atom. The monoisotopic (exact) mass is 272 g/mol. The molecule has 0 aliphatic rings. The molecule has 1 atom stereocenters. The molecule has 0 aromatic rings. The van der Waals surface area contributed by atoms with E-state index in [-0.39, 0.29) is 11.7 Å². The highest BCUT2D eigenvalue weighted by Crippen LogP contribution is 2.06. The molecule has 0 bridgehead atoms. The summed E-state index contributed by atoms with van der Waals surface area (Å²) in [6.45, 7) is 7.76. The van der Waals surface area contributed by atoms with Gasteiger partial charge < -0.3 is 21.2 Å². The van der Waals surface area contributed by atoms with Crippen LogP contribution in [-0.2, 0) is 4.79 Å². The number of hydrogen-bond donors (Lipinski definition) is 3. The minimum absolute atomic E-state index is 0.0151. The van der Waals surface area contributed by atoms with E-state index in [4.69, 9.17) is 10.9 Å². The van der Waals surface area contributed by atoms with Gasteiger partial charge in [-0.3, -0.25) is 4.79 Å². The summed E-state index contributed by atoms with van der Waals surface area (Å²) in [6.07, 6.45) is 2.29. The lowest BCUT2D eigenvalue weighted by Gasteiger charge is -2.21. The minimum Gasteiger partial charge on any atom is -0.409 e. The first-order valence-electron chi connectivity index (χ1n) is 6.89. The van der Waals surface area contributed by atoms with Crippen molar-refractivity contribution >= 4 is 11.7 Å². The average molecular weight is 272 g/mol. The van der Waals surface area contributed by atoms with Crippen molar-refractivity contribution in [2.24, 2.45) is 16.8 Å². The van der Waals surface area contributed by atoms with Gasteiger partial charge in [0.2, 0.25) is 5.91 Å². The van der Waals surface area contributed by atoms with Crippen LogP contribution in [-0.4, -0.2) is 48.0 Å². The molecule has 0 aliphatic carbocycles. The molecule has 112 valence electrons. The molecule has 4 N–H and O–H groups in total. The van der Waals surface area contributed by atoms with Crippen LogP contribution in [0.2, 0.25) is 0 Å². The van der Waals surface area contributed by atoms with Gasteiger partial charge in [-0.2, -0.15) is 0 Å².